The summed E-state index contributed by atoms with van der Waals surface area (Å²) in [4.78, 5) is 29.2. The first kappa shape index (κ1) is 17.9. The minimum absolute atomic E-state index is 0.0134. The SMILES string of the molecule is CNC(=O)/C(C#N)=C\c1c(Oc2ccc(C)cc2)nc2ccccn2c1=O. The lowest BCUT2D eigenvalue weighted by Crippen LogP contribution is -2.22. The third kappa shape index (κ3) is 3.70. The van der Waals surface area contributed by atoms with E-state index in [1.54, 1.807) is 42.6 Å². The number of rotatable bonds is 4. The summed E-state index contributed by atoms with van der Waals surface area (Å²) >= 11 is 0. The molecule has 0 aliphatic carbocycles. The average Bonchev–Trinajstić information content (AvgIpc) is 2.69. The molecule has 0 aliphatic rings. The van der Waals surface area contributed by atoms with Gasteiger partial charge >= 0.3 is 0 Å². The fourth-order valence-electron chi connectivity index (χ4n) is 2.43. The highest BCUT2D eigenvalue weighted by molar-refractivity contribution is 6.01. The van der Waals surface area contributed by atoms with E-state index in [4.69, 9.17) is 4.74 Å². The second kappa shape index (κ2) is 7.54. The van der Waals surface area contributed by atoms with Gasteiger partial charge in [-0.2, -0.15) is 10.2 Å². The molecule has 0 atom stereocenters. The summed E-state index contributed by atoms with van der Waals surface area (Å²) in [5, 5.41) is 11.6. The molecule has 0 radical (unpaired) electrons. The van der Waals surface area contributed by atoms with Gasteiger partial charge in [-0.15, -0.1) is 0 Å². The topological polar surface area (TPSA) is 96.5 Å². The van der Waals surface area contributed by atoms with E-state index in [1.807, 2.05) is 19.1 Å². The van der Waals surface area contributed by atoms with Crippen molar-refractivity contribution in [3.63, 3.8) is 0 Å². The number of pyridine rings is 1. The van der Waals surface area contributed by atoms with E-state index in [9.17, 15) is 14.9 Å². The number of carbonyl (C=O) groups is 1. The minimum atomic E-state index is -0.601. The van der Waals surface area contributed by atoms with Crippen LogP contribution in [0, 0.1) is 18.3 Å². The molecule has 7 nitrogen and oxygen atoms in total. The number of nitrogens with zero attached hydrogens (tertiary/aromatic N) is 3. The molecule has 0 saturated carbocycles. The monoisotopic (exact) mass is 360 g/mol. The van der Waals surface area contributed by atoms with Gasteiger partial charge in [0.05, 0.1) is 0 Å². The highest BCUT2D eigenvalue weighted by Gasteiger charge is 2.16. The van der Waals surface area contributed by atoms with Crippen molar-refractivity contribution < 1.29 is 9.53 Å². The zero-order valence-corrected chi connectivity index (χ0v) is 14.8. The van der Waals surface area contributed by atoms with E-state index in [2.05, 4.69) is 10.3 Å². The van der Waals surface area contributed by atoms with E-state index < -0.39 is 11.5 Å². The van der Waals surface area contributed by atoms with E-state index in [0.717, 1.165) is 5.56 Å². The van der Waals surface area contributed by atoms with Crippen molar-refractivity contribution in [3.05, 3.63) is 75.7 Å². The number of nitrogens with one attached hydrogen (secondary N) is 1. The molecule has 3 aromatic rings. The third-order valence-electron chi connectivity index (χ3n) is 3.85. The van der Waals surface area contributed by atoms with Gasteiger partial charge in [-0.3, -0.25) is 14.0 Å². The highest BCUT2D eigenvalue weighted by atomic mass is 16.5. The fourth-order valence-corrected chi connectivity index (χ4v) is 2.43. The third-order valence-corrected chi connectivity index (χ3v) is 3.85. The van der Waals surface area contributed by atoms with Crippen molar-refractivity contribution in [1.82, 2.24) is 14.7 Å². The number of aromatic nitrogens is 2. The number of fused-ring (bicyclic) bond motifs is 1. The first-order valence-corrected chi connectivity index (χ1v) is 8.13. The predicted molar refractivity (Wildman–Crippen MR) is 100 cm³/mol. The van der Waals surface area contributed by atoms with Gasteiger partial charge in [0, 0.05) is 13.2 Å². The lowest BCUT2D eigenvalue weighted by molar-refractivity contribution is -0.116. The Balaban J connectivity index is 2.22. The molecule has 1 N–H and O–H groups in total. The maximum absolute atomic E-state index is 12.9. The van der Waals surface area contributed by atoms with E-state index in [0.29, 0.717) is 11.4 Å². The maximum atomic E-state index is 12.9. The molecule has 134 valence electrons. The van der Waals surface area contributed by atoms with Crippen LogP contribution >= 0.6 is 0 Å². The molecule has 2 heterocycles. The average molecular weight is 360 g/mol. The molecular formula is C20H16N4O3. The van der Waals surface area contributed by atoms with Gasteiger partial charge in [0.1, 0.15) is 28.6 Å². The molecule has 7 heteroatoms. The van der Waals surface area contributed by atoms with Crippen molar-refractivity contribution in [2.75, 3.05) is 7.05 Å². The molecule has 0 bridgehead atoms. The van der Waals surface area contributed by atoms with Gasteiger partial charge in [0.2, 0.25) is 5.88 Å². The summed E-state index contributed by atoms with van der Waals surface area (Å²) in [6.07, 6.45) is 2.75. The number of amides is 1. The molecule has 27 heavy (non-hydrogen) atoms. The number of hydrogen-bond acceptors (Lipinski definition) is 5. The Hall–Kier alpha value is -3.92. The van der Waals surface area contributed by atoms with Crippen LogP contribution in [0.15, 0.2) is 59.0 Å². The lowest BCUT2D eigenvalue weighted by atomic mass is 10.1. The summed E-state index contributed by atoms with van der Waals surface area (Å²) in [6, 6.07) is 14.1. The smallest absolute Gasteiger partial charge is 0.269 e. The van der Waals surface area contributed by atoms with Crippen molar-refractivity contribution in [2.45, 2.75) is 6.92 Å². The molecule has 1 amide bonds. The van der Waals surface area contributed by atoms with Crippen LogP contribution in [0.4, 0.5) is 0 Å². The number of ether oxygens (including phenoxy) is 1. The molecule has 3 rings (SSSR count). The Morgan fingerprint density at radius 3 is 2.67 bits per heavy atom. The van der Waals surface area contributed by atoms with E-state index in [-0.39, 0.29) is 17.0 Å². The Labute approximate surface area is 155 Å². The van der Waals surface area contributed by atoms with Crippen LogP contribution < -0.4 is 15.6 Å². The molecule has 0 aliphatic heterocycles. The molecule has 1 aromatic carbocycles. The molecule has 0 saturated heterocycles. The number of carbonyl (C=O) groups excluding carboxylic acids is 1. The van der Waals surface area contributed by atoms with Crippen molar-refractivity contribution in [3.8, 4) is 17.7 Å². The number of likely N-dealkylation sites (N-methyl/N-ethyl adjacent to an activating group) is 1. The van der Waals surface area contributed by atoms with Crippen LogP contribution in [-0.4, -0.2) is 22.3 Å². The zero-order chi connectivity index (χ0) is 19.4. The summed E-state index contributed by atoms with van der Waals surface area (Å²) in [6.45, 7) is 1.95. The van der Waals surface area contributed by atoms with E-state index in [1.165, 1.54) is 17.5 Å². The van der Waals surface area contributed by atoms with E-state index >= 15 is 0 Å². The normalized spacial score (nSPS) is 11.1. The maximum Gasteiger partial charge on any atom is 0.269 e. The van der Waals surface area contributed by atoms with Crippen LogP contribution in [-0.2, 0) is 4.79 Å². The second-order valence-corrected chi connectivity index (χ2v) is 5.73. The van der Waals surface area contributed by atoms with Crippen molar-refractivity contribution in [2.24, 2.45) is 0 Å². The summed E-state index contributed by atoms with van der Waals surface area (Å²) in [5.41, 5.74) is 0.792. The molecule has 0 fully saturated rings. The molecular weight excluding hydrogens is 344 g/mol. The largest absolute Gasteiger partial charge is 0.438 e. The van der Waals surface area contributed by atoms with Crippen LogP contribution in [0.1, 0.15) is 11.1 Å². The Morgan fingerprint density at radius 1 is 1.26 bits per heavy atom. The van der Waals surface area contributed by atoms with Gasteiger partial charge in [0.25, 0.3) is 11.5 Å². The first-order chi connectivity index (χ1) is 13.0. The van der Waals surface area contributed by atoms with Gasteiger partial charge < -0.3 is 10.1 Å². The van der Waals surface area contributed by atoms with Crippen LogP contribution in [0.25, 0.3) is 11.7 Å². The van der Waals surface area contributed by atoms with Crippen LogP contribution in [0.5, 0.6) is 11.6 Å². The van der Waals surface area contributed by atoms with Gasteiger partial charge in [-0.25, -0.2) is 0 Å². The van der Waals surface area contributed by atoms with Crippen molar-refractivity contribution >= 4 is 17.6 Å². The van der Waals surface area contributed by atoms with Crippen molar-refractivity contribution in [1.29, 1.82) is 5.26 Å². The first-order valence-electron chi connectivity index (χ1n) is 8.13. The predicted octanol–water partition coefficient (Wildman–Crippen LogP) is 2.45. The number of hydrogen-bond donors (Lipinski definition) is 1. The minimum Gasteiger partial charge on any atom is -0.438 e. The van der Waals surface area contributed by atoms with Crippen LogP contribution in [0.2, 0.25) is 0 Å². The summed E-state index contributed by atoms with van der Waals surface area (Å²) in [7, 11) is 1.41. The number of benzene rings is 1. The van der Waals surface area contributed by atoms with Gasteiger partial charge in [-0.1, -0.05) is 23.8 Å². The highest BCUT2D eigenvalue weighted by Crippen LogP contribution is 2.24. The van der Waals surface area contributed by atoms with Gasteiger partial charge in [-0.05, 0) is 37.3 Å². The van der Waals surface area contributed by atoms with Crippen LogP contribution in [0.3, 0.4) is 0 Å². The standard InChI is InChI=1S/C20H16N4O3/c1-13-6-8-15(9-7-13)27-19-16(11-14(12-21)18(25)22-2)20(26)24-10-4-3-5-17(24)23-19/h3-11H,1-2H3,(H,22,25)/b14-11-. The molecule has 0 unspecified atom stereocenters. The van der Waals surface area contributed by atoms with Gasteiger partial charge in [0.15, 0.2) is 0 Å². The molecule has 2 aromatic heterocycles. The fraction of sp³-hybridized carbons (Fsp3) is 0.100. The zero-order valence-electron chi connectivity index (χ0n) is 14.8. The second-order valence-electron chi connectivity index (χ2n) is 5.73. The Kier molecular flexibility index (Phi) is 4.99. The summed E-state index contributed by atoms with van der Waals surface area (Å²) < 4.78 is 7.13. The number of aryl methyl sites for hydroxylation is 1. The number of nitriles is 1. The quantitative estimate of drug-likeness (QED) is 0.569. The lowest BCUT2D eigenvalue weighted by Gasteiger charge is -2.10. The Morgan fingerprint density at radius 2 is 2.00 bits per heavy atom. The molecule has 0 spiro atoms. The summed E-state index contributed by atoms with van der Waals surface area (Å²) in [5.74, 6) is -0.0936. The Bertz CT molecular complexity index is 1140.